The van der Waals surface area contributed by atoms with Gasteiger partial charge in [-0.15, -0.1) is 0 Å². The zero-order valence-electron chi connectivity index (χ0n) is 23.4. The first-order valence-electron chi connectivity index (χ1n) is 14.8. The van der Waals surface area contributed by atoms with Gasteiger partial charge in [0.2, 0.25) is 0 Å². The van der Waals surface area contributed by atoms with Crippen molar-refractivity contribution in [2.24, 2.45) is 0 Å². The van der Waals surface area contributed by atoms with Crippen LogP contribution in [0, 0.1) is 0 Å². The lowest BCUT2D eigenvalue weighted by atomic mass is 9.73. The summed E-state index contributed by atoms with van der Waals surface area (Å²) < 4.78 is 0. The van der Waals surface area contributed by atoms with Crippen molar-refractivity contribution in [3.05, 3.63) is 168 Å². The number of fused-ring (bicyclic) bond motifs is 9. The molecule has 0 bridgehead atoms. The molecule has 1 aliphatic carbocycles. The van der Waals surface area contributed by atoms with Crippen LogP contribution >= 0.6 is 0 Å². The van der Waals surface area contributed by atoms with Gasteiger partial charge in [0.25, 0.3) is 0 Å². The van der Waals surface area contributed by atoms with E-state index < -0.39 is 0 Å². The fourth-order valence-corrected chi connectivity index (χ4v) is 7.67. The van der Waals surface area contributed by atoms with Crippen LogP contribution in [-0.2, 0) is 5.41 Å². The molecule has 42 heavy (non-hydrogen) atoms. The third-order valence-electron chi connectivity index (χ3n) is 9.71. The molecule has 0 saturated heterocycles. The lowest BCUT2D eigenvalue weighted by molar-refractivity contribution is 0.715. The molecule has 1 aliphatic rings. The summed E-state index contributed by atoms with van der Waals surface area (Å²) in [4.78, 5) is 0. The average molecular weight is 533 g/mol. The molecule has 0 fully saturated rings. The Balaban J connectivity index is 1.40. The Bertz CT molecular complexity index is 2360. The van der Waals surface area contributed by atoms with Crippen molar-refractivity contribution in [2.75, 3.05) is 0 Å². The predicted molar refractivity (Wildman–Crippen MR) is 179 cm³/mol. The molecule has 8 aromatic rings. The van der Waals surface area contributed by atoms with Gasteiger partial charge >= 0.3 is 0 Å². The molecular formula is C42H28. The van der Waals surface area contributed by atoms with Crippen molar-refractivity contribution in [3.63, 3.8) is 0 Å². The van der Waals surface area contributed by atoms with Crippen LogP contribution in [0.15, 0.2) is 152 Å². The maximum Gasteiger partial charge on any atom is 0.0435 e. The molecule has 9 rings (SSSR count). The summed E-state index contributed by atoms with van der Waals surface area (Å²) in [7, 11) is 0. The van der Waals surface area contributed by atoms with Gasteiger partial charge in [0.05, 0.1) is 0 Å². The zero-order valence-corrected chi connectivity index (χ0v) is 23.4. The second-order valence-corrected chi connectivity index (χ2v) is 11.8. The zero-order chi connectivity index (χ0) is 27.8. The highest BCUT2D eigenvalue weighted by Crippen LogP contribution is 2.55. The fourth-order valence-electron chi connectivity index (χ4n) is 7.67. The molecule has 8 aromatic carbocycles. The van der Waals surface area contributed by atoms with E-state index in [9.17, 15) is 0 Å². The molecule has 1 atom stereocenters. The highest BCUT2D eigenvalue weighted by molar-refractivity contribution is 6.20. The van der Waals surface area contributed by atoms with Crippen LogP contribution in [0.4, 0.5) is 0 Å². The quantitative estimate of drug-likeness (QED) is 0.153. The van der Waals surface area contributed by atoms with E-state index in [2.05, 4.69) is 159 Å². The Morgan fingerprint density at radius 1 is 0.381 bits per heavy atom. The summed E-state index contributed by atoms with van der Waals surface area (Å²) in [6, 6.07) is 56.4. The summed E-state index contributed by atoms with van der Waals surface area (Å²) in [6.45, 7) is 2.42. The van der Waals surface area contributed by atoms with Gasteiger partial charge in [0, 0.05) is 5.41 Å². The molecule has 0 spiro atoms. The minimum atomic E-state index is -0.265. The summed E-state index contributed by atoms with van der Waals surface area (Å²) in [5.41, 5.74) is 9.11. The monoisotopic (exact) mass is 532 g/mol. The maximum atomic E-state index is 2.49. The molecule has 196 valence electrons. The first kappa shape index (κ1) is 23.5. The van der Waals surface area contributed by atoms with E-state index >= 15 is 0 Å². The Kier molecular flexibility index (Phi) is 4.84. The van der Waals surface area contributed by atoms with E-state index in [1.807, 2.05) is 0 Å². The molecule has 1 unspecified atom stereocenters. The van der Waals surface area contributed by atoms with Gasteiger partial charge < -0.3 is 0 Å². The Morgan fingerprint density at radius 2 is 1.00 bits per heavy atom. The van der Waals surface area contributed by atoms with Gasteiger partial charge in [-0.05, 0) is 101 Å². The molecule has 0 radical (unpaired) electrons. The summed E-state index contributed by atoms with van der Waals surface area (Å²) in [5.74, 6) is 0. The Labute approximate surface area is 245 Å². The number of benzene rings is 8. The minimum Gasteiger partial charge on any atom is -0.0622 e. The van der Waals surface area contributed by atoms with Crippen LogP contribution < -0.4 is 0 Å². The highest BCUT2D eigenvalue weighted by atomic mass is 14.4. The molecule has 0 aromatic heterocycles. The van der Waals surface area contributed by atoms with Gasteiger partial charge in [-0.2, -0.15) is 0 Å². The van der Waals surface area contributed by atoms with Crippen LogP contribution in [0.25, 0.3) is 65.3 Å². The van der Waals surface area contributed by atoms with E-state index in [0.29, 0.717) is 0 Å². The van der Waals surface area contributed by atoms with Crippen molar-refractivity contribution in [2.45, 2.75) is 12.3 Å². The standard InChI is InChI=1S/C42H28/c1-42(31-14-3-2-4-15-31)38-24-21-28-12-6-9-17-33(28)41(38)36-23-20-30(26-39(36)42)40-34-18-10-7-13-29(34)25-37-32-16-8-5-11-27(32)19-22-35(37)40/h2-26H,1H3. The molecule has 0 saturated carbocycles. The lowest BCUT2D eigenvalue weighted by Crippen LogP contribution is -2.22. The molecule has 0 amide bonds. The van der Waals surface area contributed by atoms with Crippen molar-refractivity contribution in [1.29, 1.82) is 0 Å². The average Bonchev–Trinajstić information content (AvgIpc) is 3.32. The maximum absolute atomic E-state index is 2.49. The van der Waals surface area contributed by atoms with Gasteiger partial charge in [-0.3, -0.25) is 0 Å². The van der Waals surface area contributed by atoms with Gasteiger partial charge in [-0.1, -0.05) is 140 Å². The fraction of sp³-hybridized carbons (Fsp3) is 0.0476. The van der Waals surface area contributed by atoms with E-state index in [0.717, 1.165) is 0 Å². The predicted octanol–water partition coefficient (Wildman–Crippen LogP) is 11.3. The van der Waals surface area contributed by atoms with Crippen molar-refractivity contribution in [1.82, 2.24) is 0 Å². The van der Waals surface area contributed by atoms with E-state index in [4.69, 9.17) is 0 Å². The first-order valence-corrected chi connectivity index (χ1v) is 14.8. The van der Waals surface area contributed by atoms with E-state index in [1.165, 1.54) is 82.0 Å². The van der Waals surface area contributed by atoms with Crippen LogP contribution in [0.3, 0.4) is 0 Å². The van der Waals surface area contributed by atoms with Crippen molar-refractivity contribution < 1.29 is 0 Å². The number of rotatable bonds is 2. The van der Waals surface area contributed by atoms with Gasteiger partial charge in [0.1, 0.15) is 0 Å². The van der Waals surface area contributed by atoms with Crippen molar-refractivity contribution in [3.8, 4) is 22.3 Å². The van der Waals surface area contributed by atoms with E-state index in [-0.39, 0.29) is 5.41 Å². The van der Waals surface area contributed by atoms with Gasteiger partial charge in [-0.25, -0.2) is 0 Å². The van der Waals surface area contributed by atoms with Crippen LogP contribution in [0.2, 0.25) is 0 Å². The first-order chi connectivity index (χ1) is 20.7. The summed E-state index contributed by atoms with van der Waals surface area (Å²) in [5, 5.41) is 10.4. The second-order valence-electron chi connectivity index (χ2n) is 11.8. The topological polar surface area (TPSA) is 0 Å². The van der Waals surface area contributed by atoms with Crippen LogP contribution in [0.1, 0.15) is 23.6 Å². The SMILES string of the molecule is CC1(c2ccccc2)c2cc(-c3c4ccccc4cc4c3ccc3ccccc34)ccc2-c2c1ccc1ccccc21. The Hall–Kier alpha value is -5.20. The normalized spacial score (nSPS) is 15.8. The summed E-state index contributed by atoms with van der Waals surface area (Å²) >= 11 is 0. The largest absolute Gasteiger partial charge is 0.0622 e. The molecule has 0 heteroatoms. The smallest absolute Gasteiger partial charge is 0.0435 e. The Morgan fingerprint density at radius 3 is 1.79 bits per heavy atom. The third-order valence-corrected chi connectivity index (χ3v) is 9.71. The third kappa shape index (κ3) is 3.12. The lowest BCUT2D eigenvalue weighted by Gasteiger charge is -2.29. The molecule has 0 N–H and O–H groups in total. The van der Waals surface area contributed by atoms with E-state index in [1.54, 1.807) is 0 Å². The van der Waals surface area contributed by atoms with Crippen molar-refractivity contribution >= 4 is 43.1 Å². The van der Waals surface area contributed by atoms with Crippen LogP contribution in [0.5, 0.6) is 0 Å². The molecule has 0 nitrogen and oxygen atoms in total. The molecule has 0 aliphatic heterocycles. The number of hydrogen-bond acceptors (Lipinski definition) is 0. The van der Waals surface area contributed by atoms with Gasteiger partial charge in [0.15, 0.2) is 0 Å². The molecular weight excluding hydrogens is 504 g/mol. The molecule has 0 heterocycles. The van der Waals surface area contributed by atoms with Crippen LogP contribution in [-0.4, -0.2) is 0 Å². The second kappa shape index (κ2) is 8.65. The number of hydrogen-bond donors (Lipinski definition) is 0. The summed E-state index contributed by atoms with van der Waals surface area (Å²) in [6.07, 6.45) is 0. The highest BCUT2D eigenvalue weighted by Gasteiger charge is 2.41. The minimum absolute atomic E-state index is 0.265.